The Kier molecular flexibility index (Phi) is 4.36. The largest absolute Gasteiger partial charge is 0.497 e. The van der Waals surface area contributed by atoms with Gasteiger partial charge < -0.3 is 14.5 Å². The van der Waals surface area contributed by atoms with Gasteiger partial charge in [0.2, 0.25) is 5.95 Å². The van der Waals surface area contributed by atoms with E-state index in [1.807, 2.05) is 24.3 Å². The molecule has 2 aromatic carbocycles. The van der Waals surface area contributed by atoms with E-state index in [1.165, 1.54) is 20.3 Å². The van der Waals surface area contributed by atoms with Crippen LogP contribution < -0.4 is 10.1 Å². The van der Waals surface area contributed by atoms with E-state index in [1.54, 1.807) is 18.3 Å². The molecule has 0 radical (unpaired) electrons. The molecule has 0 saturated carbocycles. The van der Waals surface area contributed by atoms with E-state index in [2.05, 4.69) is 20.3 Å². The Morgan fingerprint density at radius 3 is 2.61 bits per heavy atom. The number of H-pyrrole nitrogens is 1. The molecule has 8 nitrogen and oxygen atoms in total. The molecule has 8 heteroatoms. The van der Waals surface area contributed by atoms with Gasteiger partial charge in [-0.25, -0.2) is 9.78 Å². The number of aromatic nitrogens is 3. The van der Waals surface area contributed by atoms with Crippen molar-refractivity contribution < 1.29 is 19.1 Å². The molecule has 0 unspecified atom stereocenters. The Bertz CT molecular complexity index is 1220. The van der Waals surface area contributed by atoms with Crippen molar-refractivity contribution in [2.45, 2.75) is 0 Å². The van der Waals surface area contributed by atoms with Crippen molar-refractivity contribution in [1.29, 1.82) is 0 Å². The molecule has 4 rings (SSSR count). The second-order valence-corrected chi connectivity index (χ2v) is 6.02. The SMILES string of the molecule is COC(=O)c1cc(OC)cc2[nH]c(NC(=O)c3cc4ccccc4cn3)nc12. The van der Waals surface area contributed by atoms with Crippen LogP contribution >= 0.6 is 0 Å². The molecule has 2 aromatic heterocycles. The number of hydrogen-bond donors (Lipinski definition) is 2. The van der Waals surface area contributed by atoms with Crippen LogP contribution in [0.2, 0.25) is 0 Å². The second kappa shape index (κ2) is 6.99. The van der Waals surface area contributed by atoms with E-state index < -0.39 is 11.9 Å². The Morgan fingerprint density at radius 2 is 1.86 bits per heavy atom. The molecule has 2 N–H and O–H groups in total. The van der Waals surface area contributed by atoms with Crippen LogP contribution in [0.1, 0.15) is 20.8 Å². The number of ether oxygens (including phenoxy) is 2. The first-order valence-corrected chi connectivity index (χ1v) is 8.41. The Labute approximate surface area is 159 Å². The lowest BCUT2D eigenvalue weighted by Crippen LogP contribution is -2.14. The number of fused-ring (bicyclic) bond motifs is 2. The number of carbonyl (C=O) groups is 2. The molecule has 28 heavy (non-hydrogen) atoms. The molecule has 1 amide bonds. The summed E-state index contributed by atoms with van der Waals surface area (Å²) in [6.45, 7) is 0. The summed E-state index contributed by atoms with van der Waals surface area (Å²) in [5.74, 6) is -0.320. The Balaban J connectivity index is 1.68. The van der Waals surface area contributed by atoms with Crippen LogP contribution in [0.15, 0.2) is 48.7 Å². The van der Waals surface area contributed by atoms with Crippen LogP contribution in [0.4, 0.5) is 5.95 Å². The minimum atomic E-state index is -0.551. The minimum Gasteiger partial charge on any atom is -0.497 e. The van der Waals surface area contributed by atoms with Crippen LogP contribution in [0, 0.1) is 0 Å². The summed E-state index contributed by atoms with van der Waals surface area (Å²) in [6, 6.07) is 12.5. The third kappa shape index (κ3) is 3.11. The number of nitrogens with zero attached hydrogens (tertiary/aromatic N) is 2. The van der Waals surface area contributed by atoms with Crippen LogP contribution in [0.25, 0.3) is 21.8 Å². The smallest absolute Gasteiger partial charge is 0.340 e. The van der Waals surface area contributed by atoms with Gasteiger partial charge in [-0.2, -0.15) is 0 Å². The molecule has 0 saturated heterocycles. The van der Waals surface area contributed by atoms with Gasteiger partial charge in [0, 0.05) is 17.6 Å². The van der Waals surface area contributed by atoms with Crippen molar-refractivity contribution in [2.24, 2.45) is 0 Å². The molecular formula is C20H16N4O4. The third-order valence-corrected chi connectivity index (χ3v) is 4.30. The normalized spacial score (nSPS) is 10.8. The number of benzene rings is 2. The van der Waals surface area contributed by atoms with Crippen molar-refractivity contribution in [3.63, 3.8) is 0 Å². The van der Waals surface area contributed by atoms with Crippen LogP contribution in [-0.2, 0) is 4.74 Å². The van der Waals surface area contributed by atoms with Gasteiger partial charge in [-0.05, 0) is 17.5 Å². The first-order chi connectivity index (χ1) is 13.6. The van der Waals surface area contributed by atoms with E-state index in [0.29, 0.717) is 16.8 Å². The average molecular weight is 376 g/mol. The number of anilines is 1. The van der Waals surface area contributed by atoms with Gasteiger partial charge in [0.05, 0.1) is 25.3 Å². The number of aromatic amines is 1. The molecule has 0 aliphatic carbocycles. The van der Waals surface area contributed by atoms with Gasteiger partial charge in [-0.15, -0.1) is 0 Å². The van der Waals surface area contributed by atoms with Gasteiger partial charge in [0.1, 0.15) is 17.0 Å². The summed E-state index contributed by atoms with van der Waals surface area (Å²) < 4.78 is 10.0. The first-order valence-electron chi connectivity index (χ1n) is 8.41. The molecule has 0 fully saturated rings. The number of esters is 1. The Morgan fingerprint density at radius 1 is 1.07 bits per heavy atom. The summed E-state index contributed by atoms with van der Waals surface area (Å²) in [5, 5.41) is 4.52. The molecule has 140 valence electrons. The lowest BCUT2D eigenvalue weighted by Gasteiger charge is -2.03. The molecule has 0 bridgehead atoms. The van der Waals surface area contributed by atoms with Crippen molar-refractivity contribution >= 4 is 39.6 Å². The maximum Gasteiger partial charge on any atom is 0.340 e. The maximum absolute atomic E-state index is 12.6. The molecule has 0 aliphatic rings. The highest BCUT2D eigenvalue weighted by Gasteiger charge is 2.18. The maximum atomic E-state index is 12.6. The quantitative estimate of drug-likeness (QED) is 0.530. The van der Waals surface area contributed by atoms with Gasteiger partial charge in [-0.1, -0.05) is 24.3 Å². The number of rotatable bonds is 4. The van der Waals surface area contributed by atoms with E-state index in [-0.39, 0.29) is 17.2 Å². The summed E-state index contributed by atoms with van der Waals surface area (Å²) in [4.78, 5) is 36.1. The molecule has 4 aromatic rings. The monoisotopic (exact) mass is 376 g/mol. The Hall–Kier alpha value is -3.94. The van der Waals surface area contributed by atoms with Crippen LogP contribution in [0.3, 0.4) is 0 Å². The lowest BCUT2D eigenvalue weighted by molar-refractivity contribution is 0.0602. The fourth-order valence-corrected chi connectivity index (χ4v) is 2.91. The standard InChI is InChI=1S/C20H16N4O4/c1-27-13-8-14(19(26)28-2)17-15(9-13)22-20(23-17)24-18(25)16-7-11-5-3-4-6-12(11)10-21-16/h3-10H,1-2H3,(H2,22,23,24,25). The second-order valence-electron chi connectivity index (χ2n) is 6.02. The zero-order valence-corrected chi connectivity index (χ0v) is 15.1. The van der Waals surface area contributed by atoms with Crippen molar-refractivity contribution in [2.75, 3.05) is 19.5 Å². The van der Waals surface area contributed by atoms with Crippen LogP contribution in [-0.4, -0.2) is 41.0 Å². The highest BCUT2D eigenvalue weighted by atomic mass is 16.5. The topological polar surface area (TPSA) is 106 Å². The van der Waals surface area contributed by atoms with Gasteiger partial charge in [0.25, 0.3) is 5.91 Å². The van der Waals surface area contributed by atoms with E-state index in [4.69, 9.17) is 9.47 Å². The fourth-order valence-electron chi connectivity index (χ4n) is 2.91. The lowest BCUT2D eigenvalue weighted by atomic mass is 10.1. The van der Waals surface area contributed by atoms with Crippen molar-refractivity contribution in [3.05, 3.63) is 59.9 Å². The van der Waals surface area contributed by atoms with Crippen LogP contribution in [0.5, 0.6) is 5.75 Å². The predicted molar refractivity (Wildman–Crippen MR) is 104 cm³/mol. The predicted octanol–water partition coefficient (Wildman–Crippen LogP) is 3.16. The number of amides is 1. The molecular weight excluding hydrogens is 360 g/mol. The van der Waals surface area contributed by atoms with E-state index >= 15 is 0 Å². The molecule has 0 atom stereocenters. The van der Waals surface area contributed by atoms with Crippen molar-refractivity contribution in [1.82, 2.24) is 15.0 Å². The third-order valence-electron chi connectivity index (χ3n) is 4.30. The first kappa shape index (κ1) is 17.5. The van der Waals surface area contributed by atoms with Gasteiger partial charge in [-0.3, -0.25) is 15.1 Å². The number of carbonyl (C=O) groups excluding carboxylic acids is 2. The average Bonchev–Trinajstić information content (AvgIpc) is 3.14. The van der Waals surface area contributed by atoms with E-state index in [9.17, 15) is 9.59 Å². The minimum absolute atomic E-state index is 0.188. The summed E-state index contributed by atoms with van der Waals surface area (Å²) in [5.41, 5.74) is 1.39. The van der Waals surface area contributed by atoms with Gasteiger partial charge >= 0.3 is 5.97 Å². The number of nitrogens with one attached hydrogen (secondary N) is 2. The fraction of sp³-hybridized carbons (Fsp3) is 0.100. The zero-order chi connectivity index (χ0) is 19.7. The number of hydrogen-bond acceptors (Lipinski definition) is 6. The number of methoxy groups -OCH3 is 2. The molecule has 0 aliphatic heterocycles. The number of imidazole rings is 1. The molecule has 2 heterocycles. The van der Waals surface area contributed by atoms with Crippen molar-refractivity contribution in [3.8, 4) is 5.75 Å². The van der Waals surface area contributed by atoms with Gasteiger partial charge in [0.15, 0.2) is 0 Å². The highest BCUT2D eigenvalue weighted by molar-refractivity contribution is 6.06. The summed E-state index contributed by atoms with van der Waals surface area (Å²) in [6.07, 6.45) is 1.64. The summed E-state index contributed by atoms with van der Waals surface area (Å²) >= 11 is 0. The highest BCUT2D eigenvalue weighted by Crippen LogP contribution is 2.26. The zero-order valence-electron chi connectivity index (χ0n) is 15.1. The number of pyridine rings is 1. The molecule has 0 spiro atoms. The van der Waals surface area contributed by atoms with E-state index in [0.717, 1.165) is 10.8 Å². The summed E-state index contributed by atoms with van der Waals surface area (Å²) in [7, 11) is 2.78.